The first-order valence-corrected chi connectivity index (χ1v) is 11.5. The predicted molar refractivity (Wildman–Crippen MR) is 132 cm³/mol. The Morgan fingerprint density at radius 1 is 1.16 bits per heavy atom. The number of hydrogen-bond acceptors (Lipinski definition) is 5. The molecule has 1 amide bonds. The van der Waals surface area contributed by atoms with Crippen LogP contribution in [0.5, 0.6) is 5.75 Å². The largest absolute Gasteiger partial charge is 0.490 e. The van der Waals surface area contributed by atoms with Crippen LogP contribution in [0.2, 0.25) is 0 Å². The third kappa shape index (κ3) is 3.30. The quantitative estimate of drug-likeness (QED) is 0.430. The van der Waals surface area contributed by atoms with Crippen LogP contribution < -0.4 is 15.2 Å². The van der Waals surface area contributed by atoms with Crippen molar-refractivity contribution in [2.75, 3.05) is 4.90 Å². The maximum Gasteiger partial charge on any atom is 0.296 e. The summed E-state index contributed by atoms with van der Waals surface area (Å²) in [4.78, 5) is 28.6. The zero-order valence-corrected chi connectivity index (χ0v) is 19.5. The number of hydrogen-bond donors (Lipinski definition) is 0. The average Bonchev–Trinajstić information content (AvgIpc) is 3.34. The fourth-order valence-corrected chi connectivity index (χ4v) is 5.43. The van der Waals surface area contributed by atoms with Crippen molar-refractivity contribution in [3.8, 4) is 11.4 Å². The third-order valence-electron chi connectivity index (χ3n) is 5.76. The van der Waals surface area contributed by atoms with Gasteiger partial charge < -0.3 is 4.74 Å². The fourth-order valence-electron chi connectivity index (χ4n) is 4.16. The molecule has 0 unspecified atom stereocenters. The maximum atomic E-state index is 13.4. The Morgan fingerprint density at radius 3 is 2.66 bits per heavy atom. The molecule has 2 aromatic carbocycles. The smallest absolute Gasteiger partial charge is 0.296 e. The summed E-state index contributed by atoms with van der Waals surface area (Å²) in [6.07, 6.45) is 2.84. The van der Waals surface area contributed by atoms with Crippen molar-refractivity contribution in [3.05, 3.63) is 80.6 Å². The molecule has 1 atom stereocenters. The van der Waals surface area contributed by atoms with Crippen molar-refractivity contribution in [2.45, 2.75) is 26.4 Å². The molecule has 0 N–H and O–H groups in total. The zero-order chi connectivity index (χ0) is 22.6. The van der Waals surface area contributed by atoms with Gasteiger partial charge in [-0.05, 0) is 55.3 Å². The van der Waals surface area contributed by atoms with Gasteiger partial charge in [0.2, 0.25) is 0 Å². The SMILES string of the molecule is Cc1c(N2C(=O)/C(=C\c3ccc4c(c3)C[C@@H](C)O4)SC2=S)c(=O)n(-c2ccccc2)n1C. The molecule has 5 rings (SSSR count). The summed E-state index contributed by atoms with van der Waals surface area (Å²) in [5.41, 5.74) is 3.45. The fraction of sp³-hybridized carbons (Fsp3) is 0.208. The Kier molecular flexibility index (Phi) is 5.06. The van der Waals surface area contributed by atoms with Gasteiger partial charge in [0.05, 0.1) is 16.3 Å². The van der Waals surface area contributed by atoms with Crippen LogP contribution >= 0.6 is 24.0 Å². The van der Waals surface area contributed by atoms with E-state index in [1.165, 1.54) is 16.7 Å². The number of carbonyl (C=O) groups is 1. The molecule has 162 valence electrons. The van der Waals surface area contributed by atoms with Crippen molar-refractivity contribution in [3.63, 3.8) is 0 Å². The third-order valence-corrected chi connectivity index (χ3v) is 7.06. The Bertz CT molecular complexity index is 1350. The van der Waals surface area contributed by atoms with E-state index in [0.717, 1.165) is 29.0 Å². The predicted octanol–water partition coefficient (Wildman–Crippen LogP) is 4.21. The summed E-state index contributed by atoms with van der Waals surface area (Å²) >= 11 is 6.74. The molecule has 3 aromatic rings. The molecule has 0 bridgehead atoms. The van der Waals surface area contributed by atoms with Crippen LogP contribution in [0.25, 0.3) is 11.8 Å². The number of para-hydroxylation sites is 1. The summed E-state index contributed by atoms with van der Waals surface area (Å²) in [5, 5.41) is 0. The summed E-state index contributed by atoms with van der Waals surface area (Å²) in [7, 11) is 1.80. The van der Waals surface area contributed by atoms with E-state index in [9.17, 15) is 9.59 Å². The molecule has 1 fully saturated rings. The van der Waals surface area contributed by atoms with Gasteiger partial charge in [0.25, 0.3) is 11.5 Å². The molecule has 3 heterocycles. The van der Waals surface area contributed by atoms with Crippen molar-refractivity contribution < 1.29 is 9.53 Å². The van der Waals surface area contributed by atoms with Crippen LogP contribution in [0.15, 0.2) is 58.2 Å². The zero-order valence-electron chi connectivity index (χ0n) is 17.9. The van der Waals surface area contributed by atoms with Gasteiger partial charge in [-0.3, -0.25) is 19.2 Å². The van der Waals surface area contributed by atoms with E-state index in [2.05, 4.69) is 0 Å². The molecular formula is C24H21N3O3S2. The van der Waals surface area contributed by atoms with Crippen molar-refractivity contribution in [1.82, 2.24) is 9.36 Å². The summed E-state index contributed by atoms with van der Waals surface area (Å²) in [6, 6.07) is 15.2. The van der Waals surface area contributed by atoms with Gasteiger partial charge in [-0.2, -0.15) is 0 Å². The molecule has 0 saturated carbocycles. The number of carbonyl (C=O) groups excluding carboxylic acids is 1. The van der Waals surface area contributed by atoms with Crippen LogP contribution in [-0.2, 0) is 18.3 Å². The molecular weight excluding hydrogens is 442 g/mol. The van der Waals surface area contributed by atoms with Crippen molar-refractivity contribution in [2.24, 2.45) is 7.05 Å². The molecule has 0 radical (unpaired) electrons. The number of fused-ring (bicyclic) bond motifs is 1. The maximum absolute atomic E-state index is 13.4. The highest BCUT2D eigenvalue weighted by atomic mass is 32.2. The van der Waals surface area contributed by atoms with E-state index in [1.807, 2.05) is 68.5 Å². The van der Waals surface area contributed by atoms with E-state index in [1.54, 1.807) is 16.4 Å². The first kappa shape index (κ1) is 20.8. The molecule has 32 heavy (non-hydrogen) atoms. The number of thiocarbonyl (C=S) groups is 1. The molecule has 1 saturated heterocycles. The normalized spacial score (nSPS) is 19.0. The van der Waals surface area contributed by atoms with Crippen LogP contribution in [0.3, 0.4) is 0 Å². The highest BCUT2D eigenvalue weighted by Crippen LogP contribution is 2.37. The highest BCUT2D eigenvalue weighted by Gasteiger charge is 2.37. The Morgan fingerprint density at radius 2 is 1.91 bits per heavy atom. The summed E-state index contributed by atoms with van der Waals surface area (Å²) < 4.78 is 9.41. The standard InChI is InChI=1S/C24H21N3O3S2/c1-14-11-17-12-16(9-10-19(17)30-14)13-20-22(28)26(24(31)32-20)21-15(2)25(3)27(23(21)29)18-7-5-4-6-8-18/h4-10,12-14H,11H2,1-3H3/b20-13+/t14-/m1/s1. The molecule has 8 heteroatoms. The van der Waals surface area contributed by atoms with Gasteiger partial charge in [0.1, 0.15) is 17.5 Å². The molecule has 2 aliphatic heterocycles. The monoisotopic (exact) mass is 463 g/mol. The molecule has 0 spiro atoms. The number of benzene rings is 2. The van der Waals surface area contributed by atoms with Gasteiger partial charge in [-0.25, -0.2) is 4.68 Å². The van der Waals surface area contributed by atoms with E-state index in [-0.39, 0.29) is 17.6 Å². The molecule has 6 nitrogen and oxygen atoms in total. The number of nitrogens with zero attached hydrogens (tertiary/aromatic N) is 3. The summed E-state index contributed by atoms with van der Waals surface area (Å²) in [5.74, 6) is 0.611. The second kappa shape index (κ2) is 7.79. The van der Waals surface area contributed by atoms with Gasteiger partial charge in [0, 0.05) is 13.5 Å². The lowest BCUT2D eigenvalue weighted by Crippen LogP contribution is -2.33. The number of thioether (sulfide) groups is 1. The molecule has 2 aliphatic rings. The van der Waals surface area contributed by atoms with E-state index < -0.39 is 0 Å². The van der Waals surface area contributed by atoms with E-state index in [0.29, 0.717) is 20.6 Å². The molecule has 0 aliphatic carbocycles. The van der Waals surface area contributed by atoms with Crippen LogP contribution in [0.1, 0.15) is 23.7 Å². The van der Waals surface area contributed by atoms with E-state index in [4.69, 9.17) is 17.0 Å². The topological polar surface area (TPSA) is 56.5 Å². The Balaban J connectivity index is 1.53. The van der Waals surface area contributed by atoms with E-state index >= 15 is 0 Å². The first-order chi connectivity index (χ1) is 15.3. The Hall–Kier alpha value is -3.10. The lowest BCUT2D eigenvalue weighted by molar-refractivity contribution is -0.113. The molecule has 1 aromatic heterocycles. The second-order valence-corrected chi connectivity index (χ2v) is 9.60. The van der Waals surface area contributed by atoms with Crippen molar-refractivity contribution in [1.29, 1.82) is 0 Å². The van der Waals surface area contributed by atoms with Gasteiger partial charge in [-0.15, -0.1) is 0 Å². The minimum absolute atomic E-state index is 0.159. The second-order valence-electron chi connectivity index (χ2n) is 7.93. The minimum Gasteiger partial charge on any atom is -0.490 e. The minimum atomic E-state index is -0.281. The number of ether oxygens (including phenoxy) is 1. The highest BCUT2D eigenvalue weighted by molar-refractivity contribution is 8.27. The van der Waals surface area contributed by atoms with Gasteiger partial charge >= 0.3 is 0 Å². The van der Waals surface area contributed by atoms with Gasteiger partial charge in [-0.1, -0.05) is 48.2 Å². The van der Waals surface area contributed by atoms with Crippen LogP contribution in [-0.4, -0.2) is 25.7 Å². The lowest BCUT2D eigenvalue weighted by atomic mass is 10.1. The van der Waals surface area contributed by atoms with Crippen LogP contribution in [0, 0.1) is 6.92 Å². The van der Waals surface area contributed by atoms with Gasteiger partial charge in [0.15, 0.2) is 4.32 Å². The lowest BCUT2D eigenvalue weighted by Gasteiger charge is -2.12. The first-order valence-electron chi connectivity index (χ1n) is 10.3. The Labute approximate surface area is 195 Å². The average molecular weight is 464 g/mol. The number of anilines is 1. The summed E-state index contributed by atoms with van der Waals surface area (Å²) in [6.45, 7) is 3.86. The number of amides is 1. The number of rotatable bonds is 3. The van der Waals surface area contributed by atoms with Crippen LogP contribution in [0.4, 0.5) is 5.69 Å². The van der Waals surface area contributed by atoms with Crippen molar-refractivity contribution >= 4 is 46.0 Å². The number of aromatic nitrogens is 2.